The molecule has 1 aromatic heterocycles. The predicted octanol–water partition coefficient (Wildman–Crippen LogP) is 7.35. The zero-order chi connectivity index (χ0) is 25.3. The van der Waals surface area contributed by atoms with Crippen LogP contribution in [-0.4, -0.2) is 10.5 Å². The van der Waals surface area contributed by atoms with E-state index in [1.165, 1.54) is 38.7 Å². The molecule has 1 spiro atoms. The third-order valence-corrected chi connectivity index (χ3v) is 8.78. The van der Waals surface area contributed by atoms with Gasteiger partial charge in [-0.1, -0.05) is 96.1 Å². The van der Waals surface area contributed by atoms with Crippen LogP contribution >= 0.6 is 0 Å². The number of amides is 1. The molecule has 0 radical (unpaired) electrons. The second-order valence-corrected chi connectivity index (χ2v) is 10.8. The standard InChI is InChI=1S/C34H30N2O/c1-21-12-16-23(17-13-21)26-20-28(24-18-14-22(2)15-19-24)34(27-9-5-6-10-29(27)35-33(34)37)32-31(26)25-8-4-7-11-30(25)36(32)3/h4-19,26,28H,20H2,1-3H3,(H,35,37)/t26-,28+,34-/m1/s1. The zero-order valence-corrected chi connectivity index (χ0v) is 21.5. The molecule has 1 aliphatic heterocycles. The summed E-state index contributed by atoms with van der Waals surface area (Å²) in [5.74, 6) is 0.242. The molecule has 0 saturated heterocycles. The number of anilines is 1. The van der Waals surface area contributed by atoms with Crippen molar-refractivity contribution < 1.29 is 4.79 Å². The van der Waals surface area contributed by atoms with Crippen molar-refractivity contribution >= 4 is 22.5 Å². The number of hydrogen-bond donors (Lipinski definition) is 1. The predicted molar refractivity (Wildman–Crippen MR) is 150 cm³/mol. The van der Waals surface area contributed by atoms with Gasteiger partial charge in [-0.05, 0) is 54.7 Å². The summed E-state index contributed by atoms with van der Waals surface area (Å²) in [5.41, 5.74) is 9.79. The van der Waals surface area contributed by atoms with Gasteiger partial charge in [-0.15, -0.1) is 0 Å². The van der Waals surface area contributed by atoms with E-state index >= 15 is 0 Å². The lowest BCUT2D eigenvalue weighted by Gasteiger charge is -2.44. The van der Waals surface area contributed by atoms with Gasteiger partial charge in [0.1, 0.15) is 5.41 Å². The van der Waals surface area contributed by atoms with Crippen LogP contribution in [0.15, 0.2) is 97.1 Å². The molecule has 182 valence electrons. The molecule has 0 fully saturated rings. The first kappa shape index (κ1) is 22.1. The van der Waals surface area contributed by atoms with E-state index in [1.54, 1.807) is 0 Å². The average molecular weight is 483 g/mol. The second-order valence-electron chi connectivity index (χ2n) is 10.8. The lowest BCUT2D eigenvalue weighted by molar-refractivity contribution is -0.120. The Bertz CT molecular complexity index is 1680. The van der Waals surface area contributed by atoms with E-state index in [2.05, 4.69) is 116 Å². The highest BCUT2D eigenvalue weighted by Gasteiger charge is 2.60. The van der Waals surface area contributed by atoms with Gasteiger partial charge in [0.15, 0.2) is 0 Å². The fraction of sp³-hybridized carbons (Fsp3) is 0.206. The van der Waals surface area contributed by atoms with Gasteiger partial charge in [0.25, 0.3) is 0 Å². The zero-order valence-electron chi connectivity index (χ0n) is 21.5. The van der Waals surface area contributed by atoms with Gasteiger partial charge in [0.05, 0.1) is 0 Å². The van der Waals surface area contributed by atoms with E-state index < -0.39 is 5.41 Å². The number of aromatic nitrogens is 1. The van der Waals surface area contributed by atoms with Gasteiger partial charge in [-0.25, -0.2) is 0 Å². The molecular weight excluding hydrogens is 452 g/mol. The Kier molecular flexibility index (Phi) is 4.75. The molecule has 1 amide bonds. The van der Waals surface area contributed by atoms with Crippen molar-refractivity contribution in [3.63, 3.8) is 0 Å². The average Bonchev–Trinajstić information content (AvgIpc) is 3.38. The number of benzene rings is 4. The summed E-state index contributed by atoms with van der Waals surface area (Å²) >= 11 is 0. The molecule has 0 unspecified atom stereocenters. The summed E-state index contributed by atoms with van der Waals surface area (Å²) in [6.07, 6.45) is 0.856. The van der Waals surface area contributed by atoms with Gasteiger partial charge in [0, 0.05) is 41.2 Å². The second kappa shape index (κ2) is 7.94. The summed E-state index contributed by atoms with van der Waals surface area (Å²) in [4.78, 5) is 14.4. The quantitative estimate of drug-likeness (QED) is 0.280. The molecule has 5 aromatic rings. The molecule has 0 bridgehead atoms. The third kappa shape index (κ3) is 2.97. The molecule has 3 heteroatoms. The molecule has 37 heavy (non-hydrogen) atoms. The van der Waals surface area contributed by atoms with Crippen molar-refractivity contribution in [2.75, 3.05) is 5.32 Å². The number of hydrogen-bond acceptors (Lipinski definition) is 1. The number of carbonyl (C=O) groups excluding carboxylic acids is 1. The largest absolute Gasteiger partial charge is 0.346 e. The molecule has 3 nitrogen and oxygen atoms in total. The van der Waals surface area contributed by atoms with E-state index in [9.17, 15) is 4.79 Å². The van der Waals surface area contributed by atoms with Crippen molar-refractivity contribution in [2.45, 2.75) is 37.5 Å². The smallest absolute Gasteiger partial charge is 0.241 e. The Morgan fingerprint density at radius 2 is 1.41 bits per heavy atom. The van der Waals surface area contributed by atoms with Crippen molar-refractivity contribution in [3.8, 4) is 0 Å². The number of para-hydroxylation sites is 2. The Labute approximate surface area is 217 Å². The van der Waals surface area contributed by atoms with Gasteiger partial charge < -0.3 is 9.88 Å². The summed E-state index contributed by atoms with van der Waals surface area (Å²) in [6.45, 7) is 4.26. The molecule has 2 aliphatic rings. The van der Waals surface area contributed by atoms with Crippen LogP contribution in [0.25, 0.3) is 10.9 Å². The first-order valence-electron chi connectivity index (χ1n) is 13.1. The minimum atomic E-state index is -0.809. The fourth-order valence-corrected chi connectivity index (χ4v) is 7.09. The minimum absolute atomic E-state index is 0.0152. The number of fused-ring (bicyclic) bond motifs is 6. The molecule has 2 heterocycles. The normalized spacial score (nSPS) is 22.2. The maximum atomic E-state index is 14.4. The first-order chi connectivity index (χ1) is 18.0. The number of nitrogens with zero attached hydrogens (tertiary/aromatic N) is 1. The highest BCUT2D eigenvalue weighted by Crippen LogP contribution is 2.61. The van der Waals surface area contributed by atoms with E-state index in [4.69, 9.17) is 0 Å². The van der Waals surface area contributed by atoms with Crippen LogP contribution in [0.1, 0.15) is 57.3 Å². The van der Waals surface area contributed by atoms with Crippen LogP contribution in [0.2, 0.25) is 0 Å². The Balaban J connectivity index is 1.62. The Morgan fingerprint density at radius 3 is 2.14 bits per heavy atom. The highest BCUT2D eigenvalue weighted by molar-refractivity contribution is 6.11. The lowest BCUT2D eigenvalue weighted by atomic mass is 9.57. The number of aryl methyl sites for hydroxylation is 3. The van der Waals surface area contributed by atoms with E-state index in [0.717, 1.165) is 23.4 Å². The van der Waals surface area contributed by atoms with Crippen LogP contribution < -0.4 is 5.32 Å². The molecular formula is C34H30N2O. The van der Waals surface area contributed by atoms with E-state index in [1.807, 2.05) is 12.1 Å². The Hall–Kier alpha value is -4.11. The fourth-order valence-electron chi connectivity index (χ4n) is 7.09. The number of nitrogens with one attached hydrogen (secondary N) is 1. The summed E-state index contributed by atoms with van der Waals surface area (Å²) in [6, 6.07) is 34.7. The van der Waals surface area contributed by atoms with Gasteiger partial charge in [-0.2, -0.15) is 0 Å². The van der Waals surface area contributed by atoms with Crippen LogP contribution in [0.5, 0.6) is 0 Å². The van der Waals surface area contributed by atoms with E-state index in [-0.39, 0.29) is 17.7 Å². The monoisotopic (exact) mass is 482 g/mol. The molecule has 0 saturated carbocycles. The van der Waals surface area contributed by atoms with Crippen LogP contribution in [0, 0.1) is 13.8 Å². The maximum absolute atomic E-state index is 14.4. The van der Waals surface area contributed by atoms with Gasteiger partial charge in [-0.3, -0.25) is 4.79 Å². The maximum Gasteiger partial charge on any atom is 0.241 e. The minimum Gasteiger partial charge on any atom is -0.346 e. The summed E-state index contributed by atoms with van der Waals surface area (Å²) in [7, 11) is 2.14. The molecule has 7 rings (SSSR count). The molecule has 4 aromatic carbocycles. The van der Waals surface area contributed by atoms with Crippen molar-refractivity contribution in [1.29, 1.82) is 0 Å². The molecule has 1 aliphatic carbocycles. The van der Waals surface area contributed by atoms with Crippen molar-refractivity contribution in [1.82, 2.24) is 4.57 Å². The number of carbonyl (C=O) groups is 1. The van der Waals surface area contributed by atoms with Crippen molar-refractivity contribution in [3.05, 3.63) is 136 Å². The van der Waals surface area contributed by atoms with Crippen molar-refractivity contribution in [2.24, 2.45) is 7.05 Å². The van der Waals surface area contributed by atoms with E-state index in [0.29, 0.717) is 0 Å². The molecule has 1 N–H and O–H groups in total. The number of rotatable bonds is 2. The summed E-state index contributed by atoms with van der Waals surface area (Å²) in [5, 5.41) is 4.53. The van der Waals surface area contributed by atoms with Gasteiger partial charge in [0.2, 0.25) is 5.91 Å². The summed E-state index contributed by atoms with van der Waals surface area (Å²) < 4.78 is 2.30. The van der Waals surface area contributed by atoms with Crippen LogP contribution in [0.3, 0.4) is 0 Å². The highest BCUT2D eigenvalue weighted by atomic mass is 16.2. The Morgan fingerprint density at radius 1 is 0.784 bits per heavy atom. The first-order valence-corrected chi connectivity index (χ1v) is 13.1. The van der Waals surface area contributed by atoms with Crippen LogP contribution in [0.4, 0.5) is 5.69 Å². The van der Waals surface area contributed by atoms with Crippen LogP contribution in [-0.2, 0) is 17.3 Å². The molecule has 3 atom stereocenters. The SMILES string of the molecule is Cc1ccc([C@H]2C[C@@H](c3ccc(C)cc3)[C@@]3(C(=O)Nc4ccccc43)c3c2c2ccccc2n3C)cc1. The lowest BCUT2D eigenvalue weighted by Crippen LogP contribution is -2.47. The third-order valence-electron chi connectivity index (χ3n) is 8.78. The topological polar surface area (TPSA) is 34.0 Å². The van der Waals surface area contributed by atoms with Gasteiger partial charge >= 0.3 is 0 Å².